The average Bonchev–Trinajstić information content (AvgIpc) is 2.76. The van der Waals surface area contributed by atoms with Crippen LogP contribution in [0.1, 0.15) is 12.5 Å². The minimum atomic E-state index is -3.59. The van der Waals surface area contributed by atoms with Gasteiger partial charge in [-0.05, 0) is 61.2 Å². The molecule has 7 heteroatoms. The highest BCUT2D eigenvalue weighted by Gasteiger charge is 2.17. The van der Waals surface area contributed by atoms with Crippen molar-refractivity contribution in [2.45, 2.75) is 24.3 Å². The van der Waals surface area contributed by atoms with Gasteiger partial charge in [0.2, 0.25) is 10.0 Å². The Kier molecular flexibility index (Phi) is 6.03. The molecule has 2 aromatic heterocycles. The van der Waals surface area contributed by atoms with E-state index in [-0.39, 0.29) is 10.9 Å². The number of hydrogen-bond donors (Lipinski definition) is 2. The number of aromatic nitrogens is 2. The fraction of sp³-hybridized carbons (Fsp3) is 0.217. The number of sulfonamides is 1. The molecule has 1 unspecified atom stereocenters. The van der Waals surface area contributed by atoms with Crippen LogP contribution in [0.2, 0.25) is 0 Å². The Labute approximate surface area is 176 Å². The first-order valence-electron chi connectivity index (χ1n) is 9.92. The van der Waals surface area contributed by atoms with Crippen molar-refractivity contribution in [2.24, 2.45) is 0 Å². The molecule has 6 nitrogen and oxygen atoms in total. The lowest BCUT2D eigenvalue weighted by atomic mass is 10.1. The van der Waals surface area contributed by atoms with Gasteiger partial charge in [-0.2, -0.15) is 0 Å². The van der Waals surface area contributed by atoms with Gasteiger partial charge in [0.1, 0.15) is 0 Å². The molecule has 0 amide bonds. The maximum absolute atomic E-state index is 12.7. The summed E-state index contributed by atoms with van der Waals surface area (Å²) < 4.78 is 28.2. The van der Waals surface area contributed by atoms with Gasteiger partial charge in [-0.3, -0.25) is 9.97 Å². The van der Waals surface area contributed by atoms with E-state index in [2.05, 4.69) is 26.1 Å². The first kappa shape index (κ1) is 20.4. The number of para-hydroxylation sites is 1. The molecule has 2 aromatic carbocycles. The molecule has 0 radical (unpaired) electrons. The number of hydrogen-bond acceptors (Lipinski definition) is 5. The van der Waals surface area contributed by atoms with Crippen molar-refractivity contribution in [2.75, 3.05) is 13.1 Å². The minimum Gasteiger partial charge on any atom is -0.315 e. The van der Waals surface area contributed by atoms with Gasteiger partial charge in [-0.25, -0.2) is 13.1 Å². The van der Waals surface area contributed by atoms with Crippen molar-refractivity contribution < 1.29 is 8.42 Å². The van der Waals surface area contributed by atoms with Crippen LogP contribution < -0.4 is 10.0 Å². The fourth-order valence-corrected chi connectivity index (χ4v) is 4.80. The highest BCUT2D eigenvalue weighted by Crippen LogP contribution is 2.18. The van der Waals surface area contributed by atoms with Crippen LogP contribution in [-0.2, 0) is 16.4 Å². The summed E-state index contributed by atoms with van der Waals surface area (Å²) in [7, 11) is -3.59. The zero-order chi connectivity index (χ0) is 21.0. The van der Waals surface area contributed by atoms with E-state index in [1.54, 1.807) is 30.6 Å². The van der Waals surface area contributed by atoms with Crippen molar-refractivity contribution in [3.8, 4) is 0 Å². The molecule has 2 N–H and O–H groups in total. The van der Waals surface area contributed by atoms with Crippen LogP contribution in [0.15, 0.2) is 78.1 Å². The van der Waals surface area contributed by atoms with E-state index in [4.69, 9.17) is 0 Å². The van der Waals surface area contributed by atoms with Crippen LogP contribution in [-0.4, -0.2) is 37.5 Å². The highest BCUT2D eigenvalue weighted by atomic mass is 32.2. The first-order valence-corrected chi connectivity index (χ1v) is 11.4. The van der Waals surface area contributed by atoms with Crippen molar-refractivity contribution in [1.29, 1.82) is 0 Å². The smallest absolute Gasteiger partial charge is 0.240 e. The zero-order valence-electron chi connectivity index (χ0n) is 16.7. The Morgan fingerprint density at radius 2 is 1.87 bits per heavy atom. The third kappa shape index (κ3) is 4.64. The van der Waals surface area contributed by atoms with Gasteiger partial charge in [-0.1, -0.05) is 24.3 Å². The molecule has 1 atom stereocenters. The molecule has 0 aliphatic carbocycles. The number of fused-ring (bicyclic) bond motifs is 2. The van der Waals surface area contributed by atoms with Crippen LogP contribution in [0, 0.1) is 0 Å². The van der Waals surface area contributed by atoms with Crippen molar-refractivity contribution in [1.82, 2.24) is 20.0 Å². The topological polar surface area (TPSA) is 84.0 Å². The third-order valence-corrected chi connectivity index (χ3v) is 6.63. The van der Waals surface area contributed by atoms with Gasteiger partial charge < -0.3 is 5.32 Å². The Hall–Kier alpha value is -2.87. The second kappa shape index (κ2) is 8.87. The zero-order valence-corrected chi connectivity index (χ0v) is 17.6. The van der Waals surface area contributed by atoms with Crippen molar-refractivity contribution in [3.05, 3.63) is 78.8 Å². The molecule has 0 spiro atoms. The third-order valence-electron chi connectivity index (χ3n) is 5.04. The lowest BCUT2D eigenvalue weighted by Gasteiger charge is -2.16. The predicted octanol–water partition coefficient (Wildman–Crippen LogP) is 3.28. The van der Waals surface area contributed by atoms with E-state index in [1.165, 1.54) is 5.56 Å². The molecule has 0 aliphatic heterocycles. The van der Waals surface area contributed by atoms with Crippen molar-refractivity contribution in [3.63, 3.8) is 0 Å². The average molecular weight is 421 g/mol. The number of rotatable bonds is 8. The van der Waals surface area contributed by atoms with Gasteiger partial charge in [0.05, 0.1) is 10.4 Å². The van der Waals surface area contributed by atoms with Crippen LogP contribution in [0.5, 0.6) is 0 Å². The quantitative estimate of drug-likeness (QED) is 0.428. The molecule has 2 heterocycles. The molecular weight excluding hydrogens is 396 g/mol. The van der Waals surface area contributed by atoms with Crippen LogP contribution in [0.3, 0.4) is 0 Å². The summed E-state index contributed by atoms with van der Waals surface area (Å²) in [6.07, 6.45) is 6.05. The summed E-state index contributed by atoms with van der Waals surface area (Å²) in [4.78, 5) is 8.70. The second-order valence-electron chi connectivity index (χ2n) is 7.35. The predicted molar refractivity (Wildman–Crippen MR) is 120 cm³/mol. The fourth-order valence-electron chi connectivity index (χ4n) is 3.52. The minimum absolute atomic E-state index is 0.239. The number of nitrogens with one attached hydrogen (secondary N) is 2. The van der Waals surface area contributed by atoms with Crippen LogP contribution >= 0.6 is 0 Å². The molecule has 0 saturated carbocycles. The largest absolute Gasteiger partial charge is 0.315 e. The Morgan fingerprint density at radius 1 is 1.00 bits per heavy atom. The molecule has 30 heavy (non-hydrogen) atoms. The molecule has 4 rings (SSSR count). The second-order valence-corrected chi connectivity index (χ2v) is 9.06. The van der Waals surface area contributed by atoms with Gasteiger partial charge in [0.25, 0.3) is 0 Å². The maximum atomic E-state index is 12.7. The normalized spacial score (nSPS) is 13.0. The highest BCUT2D eigenvalue weighted by molar-refractivity contribution is 7.89. The van der Waals surface area contributed by atoms with Gasteiger partial charge in [0, 0.05) is 41.9 Å². The number of nitrogens with zero attached hydrogens (tertiary/aromatic N) is 2. The summed E-state index contributed by atoms with van der Waals surface area (Å²) in [5.74, 6) is 0. The molecular formula is C23H24N4O2S. The van der Waals surface area contributed by atoms with Crippen molar-refractivity contribution >= 4 is 31.7 Å². The number of benzene rings is 2. The Balaban J connectivity index is 1.33. The summed E-state index contributed by atoms with van der Waals surface area (Å²) in [5, 5.41) is 6.26. The van der Waals surface area contributed by atoms with Crippen LogP contribution in [0.25, 0.3) is 21.7 Å². The van der Waals surface area contributed by atoms with E-state index < -0.39 is 10.0 Å². The number of pyridine rings is 2. The first-order chi connectivity index (χ1) is 14.5. The monoisotopic (exact) mass is 420 g/mol. The van der Waals surface area contributed by atoms with E-state index in [9.17, 15) is 8.42 Å². The van der Waals surface area contributed by atoms with E-state index in [1.807, 2.05) is 43.5 Å². The standard InChI is InChI=1S/C23H24N4O2S/c1-17(15-24-11-8-18-10-13-26-23-5-3-2-4-22(18)23)27-30(28,29)21-7-6-20-16-25-12-9-19(20)14-21/h2-7,9-10,12-14,16-17,24,27H,8,11,15H2,1H3. The summed E-state index contributed by atoms with van der Waals surface area (Å²) in [5.41, 5.74) is 2.22. The summed E-state index contributed by atoms with van der Waals surface area (Å²) in [6, 6.07) is 16.7. The molecule has 154 valence electrons. The van der Waals surface area contributed by atoms with E-state index >= 15 is 0 Å². The SMILES string of the molecule is CC(CNCCc1ccnc2ccccc12)NS(=O)(=O)c1ccc2cnccc2c1. The van der Waals surface area contributed by atoms with E-state index in [0.717, 1.165) is 34.6 Å². The lowest BCUT2D eigenvalue weighted by Crippen LogP contribution is -2.40. The molecule has 0 fully saturated rings. The Bertz CT molecular complexity index is 1270. The molecule has 0 aliphatic rings. The van der Waals surface area contributed by atoms with Gasteiger partial charge in [0.15, 0.2) is 0 Å². The molecule has 0 bridgehead atoms. The summed E-state index contributed by atoms with van der Waals surface area (Å²) >= 11 is 0. The summed E-state index contributed by atoms with van der Waals surface area (Å²) in [6.45, 7) is 3.15. The lowest BCUT2D eigenvalue weighted by molar-refractivity contribution is 0.537. The van der Waals surface area contributed by atoms with Gasteiger partial charge in [-0.15, -0.1) is 0 Å². The van der Waals surface area contributed by atoms with Gasteiger partial charge >= 0.3 is 0 Å². The molecule has 4 aromatic rings. The Morgan fingerprint density at radius 3 is 2.77 bits per heavy atom. The maximum Gasteiger partial charge on any atom is 0.240 e. The van der Waals surface area contributed by atoms with E-state index in [0.29, 0.717) is 6.54 Å². The van der Waals surface area contributed by atoms with Crippen LogP contribution in [0.4, 0.5) is 0 Å². The molecule has 0 saturated heterocycles.